The van der Waals surface area contributed by atoms with Crippen LogP contribution in [-0.4, -0.2) is 51.8 Å². The minimum atomic E-state index is -0.445. The zero-order chi connectivity index (χ0) is 15.1. The van der Waals surface area contributed by atoms with Gasteiger partial charge in [-0.05, 0) is 18.8 Å². The average molecular weight is 296 g/mol. The van der Waals surface area contributed by atoms with E-state index < -0.39 is 6.10 Å². The Hall–Kier alpha value is -0.980. The first kappa shape index (κ1) is 16.4. The molecule has 2 rings (SSSR count). The number of hydrogen-bond donors (Lipinski definition) is 2. The first-order chi connectivity index (χ1) is 10.1. The second-order valence-electron chi connectivity index (χ2n) is 6.17. The predicted octanol–water partition coefficient (Wildman–Crippen LogP) is 0.903. The number of aliphatic hydroxyl groups is 1. The molecule has 1 aliphatic carbocycles. The van der Waals surface area contributed by atoms with Gasteiger partial charge in [-0.3, -0.25) is 4.68 Å². The van der Waals surface area contributed by atoms with E-state index in [0.29, 0.717) is 19.3 Å². The van der Waals surface area contributed by atoms with Crippen molar-refractivity contribution in [1.29, 1.82) is 0 Å². The van der Waals surface area contributed by atoms with Crippen LogP contribution in [0.25, 0.3) is 0 Å². The fraction of sp³-hybridized carbons (Fsp3) is 0.867. The summed E-state index contributed by atoms with van der Waals surface area (Å²) in [7, 11) is 1.86. The third-order valence-electron chi connectivity index (χ3n) is 3.96. The summed E-state index contributed by atoms with van der Waals surface area (Å²) in [5, 5.41) is 17.4. The van der Waals surface area contributed by atoms with E-state index in [-0.39, 0.29) is 0 Å². The van der Waals surface area contributed by atoms with Gasteiger partial charge in [0.1, 0.15) is 6.33 Å². The van der Waals surface area contributed by atoms with E-state index in [4.69, 9.17) is 4.74 Å². The molecule has 6 heteroatoms. The molecule has 1 aromatic heterocycles. The second-order valence-corrected chi connectivity index (χ2v) is 6.17. The van der Waals surface area contributed by atoms with Gasteiger partial charge in [-0.2, -0.15) is 5.10 Å². The van der Waals surface area contributed by atoms with E-state index in [0.717, 1.165) is 37.5 Å². The van der Waals surface area contributed by atoms with Crippen LogP contribution in [0.5, 0.6) is 0 Å². The van der Waals surface area contributed by atoms with Crippen molar-refractivity contribution >= 4 is 0 Å². The number of aromatic nitrogens is 3. The van der Waals surface area contributed by atoms with Crippen LogP contribution in [0.2, 0.25) is 0 Å². The predicted molar refractivity (Wildman–Crippen MR) is 81.0 cm³/mol. The molecule has 3 unspecified atom stereocenters. The van der Waals surface area contributed by atoms with Gasteiger partial charge in [0.15, 0.2) is 5.82 Å². The zero-order valence-electron chi connectivity index (χ0n) is 13.2. The lowest BCUT2D eigenvalue weighted by Crippen LogP contribution is -2.34. The van der Waals surface area contributed by atoms with Crippen molar-refractivity contribution in [2.24, 2.45) is 13.0 Å². The Morgan fingerprint density at radius 1 is 1.52 bits per heavy atom. The van der Waals surface area contributed by atoms with Crippen LogP contribution in [0, 0.1) is 5.92 Å². The van der Waals surface area contributed by atoms with E-state index in [1.54, 1.807) is 11.0 Å². The molecule has 120 valence electrons. The Labute approximate surface area is 126 Å². The molecular formula is C15H28N4O2. The fourth-order valence-corrected chi connectivity index (χ4v) is 2.80. The third-order valence-corrected chi connectivity index (χ3v) is 3.96. The monoisotopic (exact) mass is 296 g/mol. The average Bonchev–Trinajstić information content (AvgIpc) is 2.87. The molecular weight excluding hydrogens is 268 g/mol. The molecule has 0 spiro atoms. The zero-order valence-corrected chi connectivity index (χ0v) is 13.2. The van der Waals surface area contributed by atoms with Crippen LogP contribution < -0.4 is 5.32 Å². The fourth-order valence-electron chi connectivity index (χ4n) is 2.80. The Kier molecular flexibility index (Phi) is 6.60. The van der Waals surface area contributed by atoms with Gasteiger partial charge < -0.3 is 15.2 Å². The van der Waals surface area contributed by atoms with Crippen LogP contribution in [0.15, 0.2) is 6.33 Å². The van der Waals surface area contributed by atoms with Crippen molar-refractivity contribution in [3.8, 4) is 0 Å². The largest absolute Gasteiger partial charge is 0.389 e. The number of rotatable bonds is 8. The van der Waals surface area contributed by atoms with E-state index in [1.807, 2.05) is 7.05 Å². The SMILES string of the molecule is CC1CCCC(OCC(O)CNCCc2ncn(C)n2)C1. The summed E-state index contributed by atoms with van der Waals surface area (Å²) in [6.07, 6.45) is 7.18. The van der Waals surface area contributed by atoms with Gasteiger partial charge in [-0.25, -0.2) is 4.98 Å². The van der Waals surface area contributed by atoms with Crippen molar-refractivity contribution in [2.45, 2.75) is 51.2 Å². The van der Waals surface area contributed by atoms with Crippen molar-refractivity contribution in [3.05, 3.63) is 12.2 Å². The molecule has 1 aromatic rings. The topological polar surface area (TPSA) is 72.2 Å². The van der Waals surface area contributed by atoms with Crippen LogP contribution in [-0.2, 0) is 18.2 Å². The highest BCUT2D eigenvalue weighted by Crippen LogP contribution is 2.25. The Bertz CT molecular complexity index is 410. The van der Waals surface area contributed by atoms with Crippen molar-refractivity contribution in [2.75, 3.05) is 19.7 Å². The quantitative estimate of drug-likeness (QED) is 0.698. The van der Waals surface area contributed by atoms with Crippen LogP contribution >= 0.6 is 0 Å². The lowest BCUT2D eigenvalue weighted by atomic mass is 9.89. The lowest BCUT2D eigenvalue weighted by molar-refractivity contribution is -0.0305. The maximum Gasteiger partial charge on any atom is 0.151 e. The minimum absolute atomic E-state index is 0.334. The van der Waals surface area contributed by atoms with Gasteiger partial charge in [-0.15, -0.1) is 0 Å². The summed E-state index contributed by atoms with van der Waals surface area (Å²) in [5.74, 6) is 1.58. The first-order valence-corrected chi connectivity index (χ1v) is 7.98. The molecule has 0 radical (unpaired) electrons. The van der Waals surface area contributed by atoms with E-state index in [1.165, 1.54) is 12.8 Å². The molecule has 1 aliphatic rings. The lowest BCUT2D eigenvalue weighted by Gasteiger charge is -2.27. The van der Waals surface area contributed by atoms with Gasteiger partial charge >= 0.3 is 0 Å². The maximum absolute atomic E-state index is 9.92. The normalized spacial score (nSPS) is 24.1. The van der Waals surface area contributed by atoms with E-state index in [2.05, 4.69) is 22.3 Å². The summed E-state index contributed by atoms with van der Waals surface area (Å²) < 4.78 is 7.51. The molecule has 0 bridgehead atoms. The van der Waals surface area contributed by atoms with Gasteiger partial charge in [-0.1, -0.05) is 19.8 Å². The smallest absolute Gasteiger partial charge is 0.151 e. The van der Waals surface area contributed by atoms with Crippen molar-refractivity contribution in [3.63, 3.8) is 0 Å². The standard InChI is InChI=1S/C15H28N4O2/c1-12-4-3-5-14(8-12)21-10-13(20)9-16-7-6-15-17-11-19(2)18-15/h11-14,16,20H,3-10H2,1-2H3. The number of nitrogens with one attached hydrogen (secondary N) is 1. The second kappa shape index (κ2) is 8.46. The molecule has 1 saturated carbocycles. The maximum atomic E-state index is 9.92. The highest BCUT2D eigenvalue weighted by Gasteiger charge is 2.20. The molecule has 1 heterocycles. The minimum Gasteiger partial charge on any atom is -0.389 e. The number of ether oxygens (including phenoxy) is 1. The summed E-state index contributed by atoms with van der Waals surface area (Å²) in [6, 6.07) is 0. The molecule has 3 atom stereocenters. The summed E-state index contributed by atoms with van der Waals surface area (Å²) >= 11 is 0. The van der Waals surface area contributed by atoms with Crippen LogP contribution in [0.3, 0.4) is 0 Å². The molecule has 0 amide bonds. The molecule has 0 saturated heterocycles. The van der Waals surface area contributed by atoms with Crippen LogP contribution in [0.4, 0.5) is 0 Å². The molecule has 0 aliphatic heterocycles. The van der Waals surface area contributed by atoms with Crippen LogP contribution in [0.1, 0.15) is 38.4 Å². The molecule has 6 nitrogen and oxygen atoms in total. The summed E-state index contributed by atoms with van der Waals surface area (Å²) in [6.45, 7) is 4.02. The third kappa shape index (κ3) is 6.11. The molecule has 21 heavy (non-hydrogen) atoms. The van der Waals surface area contributed by atoms with E-state index in [9.17, 15) is 5.11 Å². The van der Waals surface area contributed by atoms with Gasteiger partial charge in [0.2, 0.25) is 0 Å². The number of aliphatic hydroxyl groups excluding tert-OH is 1. The highest BCUT2D eigenvalue weighted by atomic mass is 16.5. The first-order valence-electron chi connectivity index (χ1n) is 7.98. The number of nitrogens with zero attached hydrogens (tertiary/aromatic N) is 3. The van der Waals surface area contributed by atoms with Gasteiger partial charge in [0.05, 0.1) is 18.8 Å². The molecule has 0 aromatic carbocycles. The molecule has 1 fully saturated rings. The van der Waals surface area contributed by atoms with E-state index >= 15 is 0 Å². The van der Waals surface area contributed by atoms with Gasteiger partial charge in [0, 0.05) is 26.6 Å². The number of hydrogen-bond acceptors (Lipinski definition) is 5. The Balaban J connectivity index is 1.52. The highest BCUT2D eigenvalue weighted by molar-refractivity contribution is 4.82. The van der Waals surface area contributed by atoms with Crippen molar-refractivity contribution < 1.29 is 9.84 Å². The Morgan fingerprint density at radius 2 is 2.38 bits per heavy atom. The number of aryl methyl sites for hydroxylation is 1. The Morgan fingerprint density at radius 3 is 3.10 bits per heavy atom. The summed E-state index contributed by atoms with van der Waals surface area (Å²) in [4.78, 5) is 4.16. The molecule has 2 N–H and O–H groups in total. The van der Waals surface area contributed by atoms with Crippen molar-refractivity contribution in [1.82, 2.24) is 20.1 Å². The summed E-state index contributed by atoms with van der Waals surface area (Å²) in [5.41, 5.74) is 0. The van der Waals surface area contributed by atoms with Gasteiger partial charge in [0.25, 0.3) is 0 Å².